The molecule has 0 spiro atoms. The van der Waals surface area contributed by atoms with Gasteiger partial charge in [-0.1, -0.05) is 12.1 Å². The van der Waals surface area contributed by atoms with Gasteiger partial charge < -0.3 is 10.2 Å². The zero-order valence-corrected chi connectivity index (χ0v) is 19.0. The van der Waals surface area contributed by atoms with Crippen molar-refractivity contribution < 1.29 is 13.2 Å². The molecule has 0 aliphatic heterocycles. The third-order valence-corrected chi connectivity index (χ3v) is 6.34. The van der Waals surface area contributed by atoms with E-state index in [0.717, 1.165) is 24.0 Å². The second kappa shape index (κ2) is 8.58. The Morgan fingerprint density at radius 1 is 1.00 bits per heavy atom. The van der Waals surface area contributed by atoms with E-state index in [-0.39, 0.29) is 11.9 Å². The molecule has 32 heavy (non-hydrogen) atoms. The van der Waals surface area contributed by atoms with Gasteiger partial charge in [0.1, 0.15) is 5.82 Å². The maximum atomic E-state index is 12.2. The molecule has 2 aromatic heterocycles. The van der Waals surface area contributed by atoms with Gasteiger partial charge >= 0.3 is 0 Å². The fraction of sp³-hybridized carbons (Fsp3) is 0.261. The maximum absolute atomic E-state index is 12.2. The molecule has 4 rings (SSSR count). The van der Waals surface area contributed by atoms with Gasteiger partial charge in [-0.2, -0.15) is 0 Å². The first-order valence-electron chi connectivity index (χ1n) is 10.2. The third kappa shape index (κ3) is 4.88. The molecule has 1 aliphatic rings. The first-order chi connectivity index (χ1) is 15.2. The van der Waals surface area contributed by atoms with Crippen molar-refractivity contribution in [2.75, 3.05) is 30.0 Å². The lowest BCUT2D eigenvalue weighted by Crippen LogP contribution is -2.32. The molecule has 166 valence electrons. The lowest BCUT2D eigenvalue weighted by molar-refractivity contribution is 0.0827. The number of aromatic nitrogens is 2. The molecule has 1 aliphatic carbocycles. The SMILES string of the molecule is CN(C)C(=O)c1ccc(-c2ccc(Nc3cncc(N(C4CC4)S(C)(=O)=O)c3)nc2)cc1. The van der Waals surface area contributed by atoms with E-state index in [1.54, 1.807) is 55.8 Å². The quantitative estimate of drug-likeness (QED) is 0.591. The lowest BCUT2D eigenvalue weighted by atomic mass is 10.1. The van der Waals surface area contributed by atoms with Gasteiger partial charge in [-0.15, -0.1) is 0 Å². The molecule has 0 unspecified atom stereocenters. The average Bonchev–Trinajstić information content (AvgIpc) is 3.58. The first kappa shape index (κ1) is 21.8. The van der Waals surface area contributed by atoms with Crippen LogP contribution in [0.5, 0.6) is 0 Å². The molecule has 0 saturated heterocycles. The minimum Gasteiger partial charge on any atom is -0.345 e. The standard InChI is InChI=1S/C23H25N5O3S/c1-27(2)23(29)17-6-4-16(5-7-17)18-8-11-22(25-13-18)26-19-12-21(15-24-14-19)28(20-9-10-20)32(3,30)31/h4-8,11-15,20H,9-10H2,1-3H3,(H,25,26). The normalized spacial score (nSPS) is 13.5. The number of hydrogen-bond acceptors (Lipinski definition) is 6. The van der Waals surface area contributed by atoms with Crippen LogP contribution in [-0.2, 0) is 10.0 Å². The smallest absolute Gasteiger partial charge is 0.253 e. The summed E-state index contributed by atoms with van der Waals surface area (Å²) in [6.07, 6.45) is 7.87. The largest absolute Gasteiger partial charge is 0.345 e. The van der Waals surface area contributed by atoms with Gasteiger partial charge in [0.15, 0.2) is 0 Å². The van der Waals surface area contributed by atoms with Crippen LogP contribution in [0.1, 0.15) is 23.2 Å². The summed E-state index contributed by atoms with van der Waals surface area (Å²) >= 11 is 0. The number of hydrogen-bond donors (Lipinski definition) is 1. The highest BCUT2D eigenvalue weighted by Crippen LogP contribution is 2.34. The molecule has 1 aromatic carbocycles. The van der Waals surface area contributed by atoms with Crippen molar-refractivity contribution in [2.24, 2.45) is 0 Å². The van der Waals surface area contributed by atoms with Gasteiger partial charge in [0, 0.05) is 37.5 Å². The Bertz CT molecular complexity index is 1220. The van der Waals surface area contributed by atoms with E-state index < -0.39 is 10.0 Å². The number of sulfonamides is 1. The van der Waals surface area contributed by atoms with Crippen LogP contribution in [-0.4, -0.2) is 55.6 Å². The number of benzene rings is 1. The fourth-order valence-electron chi connectivity index (χ4n) is 3.45. The van der Waals surface area contributed by atoms with Gasteiger partial charge in [-0.05, 0) is 48.7 Å². The molecule has 3 aromatic rings. The van der Waals surface area contributed by atoms with Crippen molar-refractivity contribution in [3.63, 3.8) is 0 Å². The molecule has 9 heteroatoms. The molecule has 1 amide bonds. The average molecular weight is 452 g/mol. The number of pyridine rings is 2. The van der Waals surface area contributed by atoms with Crippen LogP contribution in [0.2, 0.25) is 0 Å². The summed E-state index contributed by atoms with van der Waals surface area (Å²) in [6, 6.07) is 12.9. The fourth-order valence-corrected chi connectivity index (χ4v) is 4.68. The summed E-state index contributed by atoms with van der Waals surface area (Å²) in [7, 11) is 0.0801. The highest BCUT2D eigenvalue weighted by molar-refractivity contribution is 7.92. The van der Waals surface area contributed by atoms with Crippen LogP contribution in [0.15, 0.2) is 61.1 Å². The van der Waals surface area contributed by atoms with E-state index in [1.165, 1.54) is 10.6 Å². The van der Waals surface area contributed by atoms with E-state index in [2.05, 4.69) is 15.3 Å². The lowest BCUT2D eigenvalue weighted by Gasteiger charge is -2.22. The summed E-state index contributed by atoms with van der Waals surface area (Å²) in [5.74, 6) is 0.575. The van der Waals surface area contributed by atoms with Crippen molar-refractivity contribution in [1.82, 2.24) is 14.9 Å². The molecular formula is C23H25N5O3S. The molecular weight excluding hydrogens is 426 g/mol. The second-order valence-electron chi connectivity index (χ2n) is 8.06. The molecule has 0 radical (unpaired) electrons. The highest BCUT2D eigenvalue weighted by atomic mass is 32.2. The van der Waals surface area contributed by atoms with E-state index in [4.69, 9.17) is 0 Å². The van der Waals surface area contributed by atoms with E-state index >= 15 is 0 Å². The Morgan fingerprint density at radius 3 is 2.25 bits per heavy atom. The number of carbonyl (C=O) groups excluding carboxylic acids is 1. The van der Waals surface area contributed by atoms with Gasteiger partial charge in [0.2, 0.25) is 10.0 Å². The number of carbonyl (C=O) groups is 1. The van der Waals surface area contributed by atoms with Crippen LogP contribution in [0.4, 0.5) is 17.2 Å². The van der Waals surface area contributed by atoms with Crippen LogP contribution < -0.4 is 9.62 Å². The maximum Gasteiger partial charge on any atom is 0.253 e. The number of amides is 1. The predicted molar refractivity (Wildman–Crippen MR) is 126 cm³/mol. The van der Waals surface area contributed by atoms with E-state index in [1.807, 2.05) is 24.3 Å². The Hall–Kier alpha value is -3.46. The summed E-state index contributed by atoms with van der Waals surface area (Å²) in [4.78, 5) is 22.2. The zero-order chi connectivity index (χ0) is 22.9. The van der Waals surface area contributed by atoms with Crippen LogP contribution in [0, 0.1) is 0 Å². The van der Waals surface area contributed by atoms with Crippen molar-refractivity contribution in [2.45, 2.75) is 18.9 Å². The first-order valence-corrected chi connectivity index (χ1v) is 12.1. The van der Waals surface area contributed by atoms with Crippen LogP contribution in [0.25, 0.3) is 11.1 Å². The van der Waals surface area contributed by atoms with Crippen LogP contribution in [0.3, 0.4) is 0 Å². The van der Waals surface area contributed by atoms with Crippen molar-refractivity contribution in [3.8, 4) is 11.1 Å². The van der Waals surface area contributed by atoms with Gasteiger partial charge in [-0.25, -0.2) is 13.4 Å². The summed E-state index contributed by atoms with van der Waals surface area (Å²) in [5.41, 5.74) is 3.71. The monoisotopic (exact) mass is 451 g/mol. The molecule has 2 heterocycles. The highest BCUT2D eigenvalue weighted by Gasteiger charge is 2.35. The Kier molecular flexibility index (Phi) is 5.84. The van der Waals surface area contributed by atoms with Crippen molar-refractivity contribution in [1.29, 1.82) is 0 Å². The Labute approximate surface area is 188 Å². The summed E-state index contributed by atoms with van der Waals surface area (Å²) in [6.45, 7) is 0. The molecule has 0 atom stereocenters. The van der Waals surface area contributed by atoms with Gasteiger partial charge in [-0.3, -0.25) is 14.1 Å². The number of anilines is 3. The van der Waals surface area contributed by atoms with Crippen molar-refractivity contribution in [3.05, 3.63) is 66.6 Å². The topological polar surface area (TPSA) is 95.5 Å². The number of nitrogens with one attached hydrogen (secondary N) is 1. The summed E-state index contributed by atoms with van der Waals surface area (Å²) < 4.78 is 25.8. The Balaban J connectivity index is 1.49. The van der Waals surface area contributed by atoms with Gasteiger partial charge in [0.05, 0.1) is 30.0 Å². The van der Waals surface area contributed by atoms with Crippen molar-refractivity contribution >= 4 is 33.1 Å². The predicted octanol–water partition coefficient (Wildman–Crippen LogP) is 3.52. The Morgan fingerprint density at radius 2 is 1.69 bits per heavy atom. The third-order valence-electron chi connectivity index (χ3n) is 5.12. The number of nitrogens with zero attached hydrogens (tertiary/aromatic N) is 4. The molecule has 1 fully saturated rings. The minimum absolute atomic E-state index is 0.0128. The number of rotatable bonds is 7. The summed E-state index contributed by atoms with van der Waals surface area (Å²) in [5, 5.41) is 3.18. The van der Waals surface area contributed by atoms with E-state index in [9.17, 15) is 13.2 Å². The molecule has 8 nitrogen and oxygen atoms in total. The second-order valence-corrected chi connectivity index (χ2v) is 9.92. The minimum atomic E-state index is -3.37. The van der Waals surface area contributed by atoms with Crippen LogP contribution >= 0.6 is 0 Å². The molecule has 0 bridgehead atoms. The van der Waals surface area contributed by atoms with E-state index in [0.29, 0.717) is 22.8 Å². The zero-order valence-electron chi connectivity index (χ0n) is 18.2. The molecule has 1 saturated carbocycles. The van der Waals surface area contributed by atoms with Gasteiger partial charge in [0.25, 0.3) is 5.91 Å². The molecule has 1 N–H and O–H groups in total.